The molecule has 1 amide bonds. The fraction of sp³-hybridized carbons (Fsp3) is 0.529. The molecule has 0 spiro atoms. The fourth-order valence-electron chi connectivity index (χ4n) is 2.05. The third kappa shape index (κ3) is 6.16. The van der Waals surface area contributed by atoms with Crippen LogP contribution in [0, 0.1) is 0 Å². The topological polar surface area (TPSA) is 55.8 Å². The summed E-state index contributed by atoms with van der Waals surface area (Å²) in [4.78, 5) is 25.2. The molecule has 0 N–H and O–H groups in total. The van der Waals surface area contributed by atoms with E-state index in [0.717, 1.165) is 6.42 Å². The van der Waals surface area contributed by atoms with E-state index in [-0.39, 0.29) is 18.2 Å². The van der Waals surface area contributed by atoms with E-state index in [1.54, 1.807) is 36.1 Å². The first kappa shape index (κ1) is 18.0. The lowest BCUT2D eigenvalue weighted by atomic mass is 10.2. The van der Waals surface area contributed by atoms with Gasteiger partial charge in [0, 0.05) is 13.1 Å². The Labute approximate surface area is 132 Å². The van der Waals surface area contributed by atoms with Gasteiger partial charge in [-0.05, 0) is 45.7 Å². The molecule has 0 fully saturated rings. The predicted molar refractivity (Wildman–Crippen MR) is 84.8 cm³/mol. The summed E-state index contributed by atoms with van der Waals surface area (Å²) in [5, 5.41) is 0. The summed E-state index contributed by atoms with van der Waals surface area (Å²) in [6, 6.07) is 8.93. The number of ether oxygens (including phenoxy) is 2. The van der Waals surface area contributed by atoms with Crippen molar-refractivity contribution in [3.05, 3.63) is 35.9 Å². The van der Waals surface area contributed by atoms with Gasteiger partial charge in [0.15, 0.2) is 0 Å². The zero-order valence-electron chi connectivity index (χ0n) is 13.6. The number of hydrogen-bond acceptors (Lipinski definition) is 4. The van der Waals surface area contributed by atoms with Gasteiger partial charge in [0.2, 0.25) is 0 Å². The van der Waals surface area contributed by atoms with Crippen molar-refractivity contribution in [1.82, 2.24) is 4.90 Å². The highest BCUT2D eigenvalue weighted by Crippen LogP contribution is 2.08. The number of carbonyl (C=O) groups is 2. The molecule has 0 aromatic heterocycles. The molecule has 0 saturated carbocycles. The van der Waals surface area contributed by atoms with Gasteiger partial charge in [-0.3, -0.25) is 0 Å². The van der Waals surface area contributed by atoms with Crippen LogP contribution in [0.4, 0.5) is 4.79 Å². The minimum absolute atomic E-state index is 0.186. The second-order valence-electron chi connectivity index (χ2n) is 5.00. The molecule has 1 rings (SSSR count). The molecule has 1 unspecified atom stereocenters. The summed E-state index contributed by atoms with van der Waals surface area (Å²) >= 11 is 0. The third-order valence-electron chi connectivity index (χ3n) is 3.26. The number of hydrogen-bond donors (Lipinski definition) is 0. The molecule has 22 heavy (non-hydrogen) atoms. The second-order valence-corrected chi connectivity index (χ2v) is 5.00. The highest BCUT2D eigenvalue weighted by molar-refractivity contribution is 5.89. The van der Waals surface area contributed by atoms with Crippen LogP contribution in [0.5, 0.6) is 0 Å². The van der Waals surface area contributed by atoms with E-state index in [1.165, 1.54) is 0 Å². The molecule has 0 heterocycles. The van der Waals surface area contributed by atoms with Gasteiger partial charge < -0.3 is 14.4 Å². The average Bonchev–Trinajstić information content (AvgIpc) is 2.52. The molecule has 5 nitrogen and oxygen atoms in total. The molecule has 0 radical (unpaired) electrons. The van der Waals surface area contributed by atoms with Gasteiger partial charge in [0.1, 0.15) is 0 Å². The quantitative estimate of drug-likeness (QED) is 0.690. The molecule has 0 aliphatic rings. The largest absolute Gasteiger partial charge is 0.459 e. The van der Waals surface area contributed by atoms with Crippen LogP contribution in [0.15, 0.2) is 30.3 Å². The van der Waals surface area contributed by atoms with Gasteiger partial charge in [0.05, 0.1) is 18.3 Å². The van der Waals surface area contributed by atoms with Crippen LogP contribution < -0.4 is 0 Å². The summed E-state index contributed by atoms with van der Waals surface area (Å²) < 4.78 is 10.4. The van der Waals surface area contributed by atoms with E-state index in [1.807, 2.05) is 19.9 Å². The number of amides is 1. The van der Waals surface area contributed by atoms with Crippen molar-refractivity contribution < 1.29 is 19.1 Å². The molecule has 5 heteroatoms. The number of nitrogens with zero attached hydrogens (tertiary/aromatic N) is 1. The van der Waals surface area contributed by atoms with Gasteiger partial charge in [-0.2, -0.15) is 0 Å². The van der Waals surface area contributed by atoms with Crippen LogP contribution in [0.2, 0.25) is 0 Å². The zero-order valence-corrected chi connectivity index (χ0v) is 13.6. The maximum atomic E-state index is 11.9. The third-order valence-corrected chi connectivity index (χ3v) is 3.26. The van der Waals surface area contributed by atoms with Crippen molar-refractivity contribution >= 4 is 12.1 Å². The maximum Gasteiger partial charge on any atom is 0.409 e. The first-order chi connectivity index (χ1) is 10.6. The molecule has 0 aliphatic heterocycles. The molecule has 1 aromatic carbocycles. The maximum absolute atomic E-state index is 11.9. The van der Waals surface area contributed by atoms with Crippen molar-refractivity contribution in [3.63, 3.8) is 0 Å². The Hall–Kier alpha value is -2.04. The summed E-state index contributed by atoms with van der Waals surface area (Å²) in [6.45, 7) is 7.15. The smallest absolute Gasteiger partial charge is 0.409 e. The molecule has 1 aromatic rings. The van der Waals surface area contributed by atoms with Crippen molar-refractivity contribution in [2.75, 3.05) is 19.7 Å². The normalized spacial score (nSPS) is 11.6. The Morgan fingerprint density at radius 2 is 1.86 bits per heavy atom. The van der Waals surface area contributed by atoms with Crippen LogP contribution in [0.25, 0.3) is 0 Å². The van der Waals surface area contributed by atoms with Crippen LogP contribution in [0.3, 0.4) is 0 Å². The predicted octanol–water partition coefficient (Wildman–Crippen LogP) is 3.49. The van der Waals surface area contributed by atoms with Crippen molar-refractivity contribution in [2.45, 2.75) is 39.7 Å². The second kappa shape index (κ2) is 9.82. The summed E-state index contributed by atoms with van der Waals surface area (Å²) in [5.41, 5.74) is 0.552. The minimum atomic E-state index is -0.314. The van der Waals surface area contributed by atoms with Crippen LogP contribution in [0.1, 0.15) is 44.0 Å². The van der Waals surface area contributed by atoms with Gasteiger partial charge in [-0.25, -0.2) is 9.59 Å². The lowest BCUT2D eigenvalue weighted by Gasteiger charge is -2.21. The number of rotatable bonds is 8. The number of carbonyl (C=O) groups excluding carboxylic acids is 2. The minimum Gasteiger partial charge on any atom is -0.459 e. The Morgan fingerprint density at radius 3 is 2.45 bits per heavy atom. The monoisotopic (exact) mass is 307 g/mol. The van der Waals surface area contributed by atoms with E-state index < -0.39 is 0 Å². The Bertz CT molecular complexity index is 461. The number of esters is 1. The van der Waals surface area contributed by atoms with E-state index in [9.17, 15) is 9.59 Å². The molecule has 0 saturated heterocycles. The van der Waals surface area contributed by atoms with Gasteiger partial charge in [-0.1, -0.05) is 18.2 Å². The summed E-state index contributed by atoms with van der Waals surface area (Å²) in [7, 11) is 0. The Balaban J connectivity index is 2.32. The number of benzene rings is 1. The average molecular weight is 307 g/mol. The molecule has 0 aliphatic carbocycles. The van der Waals surface area contributed by atoms with E-state index >= 15 is 0 Å². The van der Waals surface area contributed by atoms with Crippen LogP contribution in [-0.2, 0) is 9.47 Å². The first-order valence-corrected chi connectivity index (χ1v) is 7.76. The standard InChI is InChI=1S/C17H25NO4/c1-4-18(17(20)21-5-2)13-9-10-14(3)22-16(19)15-11-7-6-8-12-15/h6-8,11-12,14H,4-5,9-10,13H2,1-3H3. The first-order valence-electron chi connectivity index (χ1n) is 7.76. The molecular weight excluding hydrogens is 282 g/mol. The Kier molecular flexibility index (Phi) is 8.04. The highest BCUT2D eigenvalue weighted by atomic mass is 16.6. The summed E-state index contributed by atoms with van der Waals surface area (Å²) in [6.07, 6.45) is 0.984. The summed E-state index contributed by atoms with van der Waals surface area (Å²) in [5.74, 6) is -0.314. The van der Waals surface area contributed by atoms with Crippen molar-refractivity contribution in [1.29, 1.82) is 0 Å². The lowest BCUT2D eigenvalue weighted by Crippen LogP contribution is -2.32. The van der Waals surface area contributed by atoms with E-state index in [2.05, 4.69) is 0 Å². The lowest BCUT2D eigenvalue weighted by molar-refractivity contribution is 0.0312. The molecular formula is C17H25NO4. The molecule has 0 bridgehead atoms. The molecule has 122 valence electrons. The van der Waals surface area contributed by atoms with Gasteiger partial charge in [0.25, 0.3) is 0 Å². The van der Waals surface area contributed by atoms with E-state index in [4.69, 9.17) is 9.47 Å². The van der Waals surface area contributed by atoms with Crippen molar-refractivity contribution in [2.24, 2.45) is 0 Å². The van der Waals surface area contributed by atoms with Gasteiger partial charge in [-0.15, -0.1) is 0 Å². The van der Waals surface area contributed by atoms with Crippen molar-refractivity contribution in [3.8, 4) is 0 Å². The Morgan fingerprint density at radius 1 is 1.18 bits per heavy atom. The molecule has 1 atom stereocenters. The van der Waals surface area contributed by atoms with Crippen LogP contribution in [-0.4, -0.2) is 42.8 Å². The van der Waals surface area contributed by atoms with E-state index in [0.29, 0.717) is 31.7 Å². The van der Waals surface area contributed by atoms with Gasteiger partial charge >= 0.3 is 12.1 Å². The zero-order chi connectivity index (χ0) is 16.4. The fourth-order valence-corrected chi connectivity index (χ4v) is 2.05. The SMILES string of the molecule is CCOC(=O)N(CC)CCCC(C)OC(=O)c1ccccc1. The highest BCUT2D eigenvalue weighted by Gasteiger charge is 2.14. The van der Waals surface area contributed by atoms with Crippen LogP contribution >= 0.6 is 0 Å².